The van der Waals surface area contributed by atoms with Gasteiger partial charge in [0.2, 0.25) is 11.6 Å². The SMILES string of the molecule is Cc1ccc([N+](=O)[O-])c(Oc2cnc(N)cn2)c1. The third-order valence-corrected chi connectivity index (χ3v) is 2.17. The quantitative estimate of drug-likeness (QED) is 0.656. The monoisotopic (exact) mass is 246 g/mol. The summed E-state index contributed by atoms with van der Waals surface area (Å²) in [5, 5.41) is 10.8. The van der Waals surface area contributed by atoms with Crippen molar-refractivity contribution < 1.29 is 9.66 Å². The second kappa shape index (κ2) is 4.66. The normalized spacial score (nSPS) is 10.1. The Morgan fingerprint density at radius 2 is 2.11 bits per heavy atom. The predicted octanol–water partition coefficient (Wildman–Crippen LogP) is 2.07. The van der Waals surface area contributed by atoms with Crippen LogP contribution in [0.15, 0.2) is 30.6 Å². The lowest BCUT2D eigenvalue weighted by Gasteiger charge is -2.05. The zero-order chi connectivity index (χ0) is 13.1. The van der Waals surface area contributed by atoms with Gasteiger partial charge in [0.15, 0.2) is 0 Å². The van der Waals surface area contributed by atoms with Crippen LogP contribution in [-0.4, -0.2) is 14.9 Å². The van der Waals surface area contributed by atoms with Crippen molar-refractivity contribution in [1.82, 2.24) is 9.97 Å². The average Bonchev–Trinajstić information content (AvgIpc) is 2.32. The zero-order valence-corrected chi connectivity index (χ0v) is 9.53. The Balaban J connectivity index is 2.35. The molecule has 0 unspecified atom stereocenters. The number of hydrogen-bond acceptors (Lipinski definition) is 6. The van der Waals surface area contributed by atoms with Crippen LogP contribution >= 0.6 is 0 Å². The molecule has 1 aromatic carbocycles. The maximum atomic E-state index is 10.8. The molecule has 0 atom stereocenters. The summed E-state index contributed by atoms with van der Waals surface area (Å²) in [6.07, 6.45) is 2.62. The molecule has 18 heavy (non-hydrogen) atoms. The highest BCUT2D eigenvalue weighted by molar-refractivity contribution is 5.49. The average molecular weight is 246 g/mol. The standard InChI is InChI=1S/C11H10N4O3/c1-7-2-3-8(15(16)17)9(4-7)18-11-6-13-10(12)5-14-11/h2-6H,1H3,(H2,12,13). The second-order valence-corrected chi connectivity index (χ2v) is 3.61. The van der Waals surface area contributed by atoms with E-state index in [1.54, 1.807) is 12.1 Å². The molecule has 0 saturated carbocycles. The highest BCUT2D eigenvalue weighted by Crippen LogP contribution is 2.31. The first-order chi connectivity index (χ1) is 8.56. The Labute approximate surface area is 102 Å². The van der Waals surface area contributed by atoms with Crippen LogP contribution in [0.3, 0.4) is 0 Å². The third kappa shape index (κ3) is 2.51. The Morgan fingerprint density at radius 1 is 1.33 bits per heavy atom. The smallest absolute Gasteiger partial charge is 0.311 e. The number of benzene rings is 1. The molecule has 7 nitrogen and oxygen atoms in total. The molecular weight excluding hydrogens is 236 g/mol. The number of nitrogens with two attached hydrogens (primary N) is 1. The van der Waals surface area contributed by atoms with Gasteiger partial charge in [0.05, 0.1) is 17.3 Å². The number of hydrogen-bond donors (Lipinski definition) is 1. The minimum Gasteiger partial charge on any atom is -0.430 e. The van der Waals surface area contributed by atoms with Gasteiger partial charge in [-0.15, -0.1) is 0 Å². The summed E-state index contributed by atoms with van der Waals surface area (Å²) in [6, 6.07) is 4.59. The van der Waals surface area contributed by atoms with Crippen molar-refractivity contribution in [3.05, 3.63) is 46.3 Å². The molecule has 1 heterocycles. The molecule has 7 heteroatoms. The molecule has 0 fully saturated rings. The number of nitrogens with zero attached hydrogens (tertiary/aromatic N) is 3. The number of anilines is 1. The fourth-order valence-corrected chi connectivity index (χ4v) is 1.35. The molecule has 92 valence electrons. The second-order valence-electron chi connectivity index (χ2n) is 3.61. The van der Waals surface area contributed by atoms with Crippen molar-refractivity contribution in [1.29, 1.82) is 0 Å². The Bertz CT molecular complexity index is 583. The van der Waals surface area contributed by atoms with Crippen molar-refractivity contribution in [3.8, 4) is 11.6 Å². The molecule has 2 rings (SSSR count). The van der Waals surface area contributed by atoms with Gasteiger partial charge in [0.1, 0.15) is 5.82 Å². The minimum absolute atomic E-state index is 0.124. The van der Waals surface area contributed by atoms with Crippen LogP contribution in [0.25, 0.3) is 0 Å². The van der Waals surface area contributed by atoms with Crippen LogP contribution in [0.5, 0.6) is 11.6 Å². The first-order valence-electron chi connectivity index (χ1n) is 5.06. The van der Waals surface area contributed by atoms with Gasteiger partial charge < -0.3 is 10.5 Å². The van der Waals surface area contributed by atoms with Crippen LogP contribution in [-0.2, 0) is 0 Å². The lowest BCUT2D eigenvalue weighted by molar-refractivity contribution is -0.385. The predicted molar refractivity (Wildman–Crippen MR) is 64.4 cm³/mol. The van der Waals surface area contributed by atoms with Gasteiger partial charge in [-0.2, -0.15) is 0 Å². The summed E-state index contributed by atoms with van der Waals surface area (Å²) < 4.78 is 5.34. The Kier molecular flexibility index (Phi) is 3.05. The number of aromatic nitrogens is 2. The fraction of sp³-hybridized carbons (Fsp3) is 0.0909. The van der Waals surface area contributed by atoms with E-state index in [4.69, 9.17) is 10.5 Å². The number of rotatable bonds is 3. The molecular formula is C11H10N4O3. The van der Waals surface area contributed by atoms with E-state index in [9.17, 15) is 10.1 Å². The van der Waals surface area contributed by atoms with Gasteiger partial charge >= 0.3 is 5.69 Å². The molecule has 2 aromatic rings. The molecule has 0 saturated heterocycles. The minimum atomic E-state index is -0.514. The molecule has 0 spiro atoms. The molecule has 0 radical (unpaired) electrons. The summed E-state index contributed by atoms with van der Waals surface area (Å²) in [7, 11) is 0. The topological polar surface area (TPSA) is 104 Å². The summed E-state index contributed by atoms with van der Waals surface area (Å²) in [6.45, 7) is 1.81. The van der Waals surface area contributed by atoms with Crippen LogP contribution in [0.4, 0.5) is 11.5 Å². The Morgan fingerprint density at radius 3 is 2.72 bits per heavy atom. The molecule has 0 aliphatic rings. The number of nitro groups is 1. The van der Waals surface area contributed by atoms with Gasteiger partial charge in [-0.05, 0) is 18.6 Å². The van der Waals surface area contributed by atoms with E-state index in [1.165, 1.54) is 18.5 Å². The molecule has 2 N–H and O–H groups in total. The van der Waals surface area contributed by atoms with Gasteiger partial charge in [-0.25, -0.2) is 9.97 Å². The lowest BCUT2D eigenvalue weighted by Crippen LogP contribution is -1.97. The van der Waals surface area contributed by atoms with E-state index in [2.05, 4.69) is 9.97 Å². The van der Waals surface area contributed by atoms with Gasteiger partial charge in [0, 0.05) is 6.07 Å². The first kappa shape index (κ1) is 11.8. The molecule has 1 aromatic heterocycles. The van der Waals surface area contributed by atoms with Crippen LogP contribution in [0, 0.1) is 17.0 Å². The highest BCUT2D eigenvalue weighted by Gasteiger charge is 2.16. The number of aryl methyl sites for hydroxylation is 1. The van der Waals surface area contributed by atoms with Crippen molar-refractivity contribution in [2.75, 3.05) is 5.73 Å². The molecule has 0 aliphatic heterocycles. The van der Waals surface area contributed by atoms with Crippen LogP contribution < -0.4 is 10.5 Å². The maximum absolute atomic E-state index is 10.8. The maximum Gasteiger partial charge on any atom is 0.311 e. The largest absolute Gasteiger partial charge is 0.430 e. The fourth-order valence-electron chi connectivity index (χ4n) is 1.35. The van der Waals surface area contributed by atoms with Crippen molar-refractivity contribution in [2.45, 2.75) is 6.92 Å². The van der Waals surface area contributed by atoms with E-state index in [0.29, 0.717) is 0 Å². The summed E-state index contributed by atoms with van der Waals surface area (Å²) in [5.74, 6) is 0.526. The van der Waals surface area contributed by atoms with E-state index in [0.717, 1.165) is 5.56 Å². The highest BCUT2D eigenvalue weighted by atomic mass is 16.6. The number of ether oxygens (including phenoxy) is 1. The zero-order valence-electron chi connectivity index (χ0n) is 9.53. The summed E-state index contributed by atoms with van der Waals surface area (Å²) >= 11 is 0. The van der Waals surface area contributed by atoms with Crippen molar-refractivity contribution >= 4 is 11.5 Å². The van der Waals surface area contributed by atoms with Crippen molar-refractivity contribution in [2.24, 2.45) is 0 Å². The Hall–Kier alpha value is -2.70. The van der Waals surface area contributed by atoms with Gasteiger partial charge in [-0.1, -0.05) is 6.07 Å². The molecule has 0 aliphatic carbocycles. The van der Waals surface area contributed by atoms with E-state index in [-0.39, 0.29) is 23.1 Å². The van der Waals surface area contributed by atoms with E-state index >= 15 is 0 Å². The van der Waals surface area contributed by atoms with Gasteiger partial charge in [0.25, 0.3) is 0 Å². The summed E-state index contributed by atoms with van der Waals surface area (Å²) in [5.41, 5.74) is 6.11. The first-order valence-corrected chi connectivity index (χ1v) is 5.06. The lowest BCUT2D eigenvalue weighted by atomic mass is 10.2. The van der Waals surface area contributed by atoms with Crippen LogP contribution in [0.1, 0.15) is 5.56 Å². The van der Waals surface area contributed by atoms with E-state index < -0.39 is 4.92 Å². The third-order valence-electron chi connectivity index (χ3n) is 2.17. The van der Waals surface area contributed by atoms with Crippen molar-refractivity contribution in [3.63, 3.8) is 0 Å². The molecule has 0 bridgehead atoms. The number of nitrogen functional groups attached to an aromatic ring is 1. The number of nitro benzene ring substituents is 1. The van der Waals surface area contributed by atoms with Gasteiger partial charge in [-0.3, -0.25) is 10.1 Å². The van der Waals surface area contributed by atoms with Crippen LogP contribution in [0.2, 0.25) is 0 Å². The molecule has 0 amide bonds. The van der Waals surface area contributed by atoms with E-state index in [1.807, 2.05) is 6.92 Å². The summed E-state index contributed by atoms with van der Waals surface area (Å²) in [4.78, 5) is 18.0.